The van der Waals surface area contributed by atoms with E-state index >= 15 is 0 Å². The van der Waals surface area contributed by atoms with Gasteiger partial charge in [-0.1, -0.05) is 12.1 Å². The van der Waals surface area contributed by atoms with E-state index in [0.29, 0.717) is 6.54 Å². The van der Waals surface area contributed by atoms with E-state index in [4.69, 9.17) is 11.5 Å². The van der Waals surface area contributed by atoms with Crippen molar-refractivity contribution in [2.75, 3.05) is 5.73 Å². The summed E-state index contributed by atoms with van der Waals surface area (Å²) >= 11 is 0. The molecular formula is C9H16Cl2N2. The maximum atomic E-state index is 5.76. The first-order valence-corrected chi connectivity index (χ1v) is 3.71. The van der Waals surface area contributed by atoms with Gasteiger partial charge >= 0.3 is 0 Å². The number of benzene rings is 1. The van der Waals surface area contributed by atoms with E-state index in [1.54, 1.807) is 0 Å². The molecule has 0 fully saturated rings. The van der Waals surface area contributed by atoms with E-state index < -0.39 is 0 Å². The van der Waals surface area contributed by atoms with Gasteiger partial charge in [0.2, 0.25) is 0 Å². The van der Waals surface area contributed by atoms with Crippen LogP contribution in [0.4, 0.5) is 5.69 Å². The standard InChI is InChI=1S/C9H14N2.2ClH/c1-6-3-8(5-10)4-7(2)9(6)11;;/h3-4H,5,10-11H2,1-2H3;2*1H. The average molecular weight is 223 g/mol. The zero-order valence-corrected chi connectivity index (χ0v) is 9.47. The third-order valence-electron chi connectivity index (χ3n) is 1.89. The van der Waals surface area contributed by atoms with Crippen molar-refractivity contribution in [3.63, 3.8) is 0 Å². The smallest absolute Gasteiger partial charge is 0.0373 e. The van der Waals surface area contributed by atoms with Gasteiger partial charge in [0.15, 0.2) is 0 Å². The van der Waals surface area contributed by atoms with Gasteiger partial charge in [-0.05, 0) is 30.5 Å². The summed E-state index contributed by atoms with van der Waals surface area (Å²) in [6.45, 7) is 4.59. The van der Waals surface area contributed by atoms with Crippen LogP contribution in [0.15, 0.2) is 12.1 Å². The Kier molecular flexibility index (Phi) is 7.04. The van der Waals surface area contributed by atoms with E-state index in [1.807, 2.05) is 26.0 Å². The van der Waals surface area contributed by atoms with Gasteiger partial charge in [0.1, 0.15) is 0 Å². The fourth-order valence-corrected chi connectivity index (χ4v) is 1.18. The molecule has 0 amide bonds. The Morgan fingerprint density at radius 3 is 1.77 bits per heavy atom. The normalized spacial score (nSPS) is 8.54. The fourth-order valence-electron chi connectivity index (χ4n) is 1.18. The number of hydrogen-bond donors (Lipinski definition) is 2. The van der Waals surface area contributed by atoms with Crippen LogP contribution >= 0.6 is 24.8 Å². The fraction of sp³-hybridized carbons (Fsp3) is 0.333. The lowest BCUT2D eigenvalue weighted by atomic mass is 10.1. The van der Waals surface area contributed by atoms with Crippen LogP contribution in [0.5, 0.6) is 0 Å². The summed E-state index contributed by atoms with van der Waals surface area (Å²) < 4.78 is 0. The molecule has 4 heteroatoms. The third-order valence-corrected chi connectivity index (χ3v) is 1.89. The Labute approximate surface area is 91.5 Å². The third kappa shape index (κ3) is 3.43. The molecule has 2 nitrogen and oxygen atoms in total. The molecule has 13 heavy (non-hydrogen) atoms. The van der Waals surface area contributed by atoms with Crippen molar-refractivity contribution in [1.82, 2.24) is 0 Å². The molecule has 0 aliphatic carbocycles. The summed E-state index contributed by atoms with van der Waals surface area (Å²) in [4.78, 5) is 0. The monoisotopic (exact) mass is 222 g/mol. The Morgan fingerprint density at radius 1 is 1.08 bits per heavy atom. The van der Waals surface area contributed by atoms with Crippen LogP contribution in [0.1, 0.15) is 16.7 Å². The second-order valence-electron chi connectivity index (χ2n) is 2.85. The van der Waals surface area contributed by atoms with Crippen molar-refractivity contribution in [3.8, 4) is 0 Å². The molecule has 0 spiro atoms. The van der Waals surface area contributed by atoms with E-state index in [1.165, 1.54) is 0 Å². The molecule has 0 radical (unpaired) electrons. The van der Waals surface area contributed by atoms with E-state index in [9.17, 15) is 0 Å². The predicted octanol–water partition coefficient (Wildman–Crippen LogP) is 2.19. The molecule has 76 valence electrons. The van der Waals surface area contributed by atoms with Gasteiger partial charge in [-0.2, -0.15) is 0 Å². The number of halogens is 2. The van der Waals surface area contributed by atoms with Crippen LogP contribution in [-0.4, -0.2) is 0 Å². The SMILES string of the molecule is Cc1cc(CN)cc(C)c1N.Cl.Cl. The molecule has 0 heterocycles. The number of aryl methyl sites for hydroxylation is 2. The van der Waals surface area contributed by atoms with Crippen LogP contribution in [0.25, 0.3) is 0 Å². The molecule has 0 saturated heterocycles. The summed E-state index contributed by atoms with van der Waals surface area (Å²) in [5, 5.41) is 0. The number of nitrogens with two attached hydrogens (primary N) is 2. The van der Waals surface area contributed by atoms with E-state index in [2.05, 4.69) is 0 Å². The molecule has 0 saturated carbocycles. The Balaban J connectivity index is 0. The van der Waals surface area contributed by atoms with Gasteiger partial charge in [-0.25, -0.2) is 0 Å². The highest BCUT2D eigenvalue weighted by Crippen LogP contribution is 2.17. The molecule has 0 aromatic heterocycles. The zero-order chi connectivity index (χ0) is 8.43. The predicted molar refractivity (Wildman–Crippen MR) is 62.7 cm³/mol. The molecule has 1 rings (SSSR count). The van der Waals surface area contributed by atoms with Gasteiger partial charge < -0.3 is 11.5 Å². The minimum Gasteiger partial charge on any atom is -0.398 e. The van der Waals surface area contributed by atoms with Crippen LogP contribution in [0.3, 0.4) is 0 Å². The molecule has 0 bridgehead atoms. The van der Waals surface area contributed by atoms with Gasteiger partial charge in [0.05, 0.1) is 0 Å². The van der Waals surface area contributed by atoms with E-state index in [0.717, 1.165) is 22.4 Å². The highest BCUT2D eigenvalue weighted by Gasteiger charge is 1.99. The summed E-state index contributed by atoms with van der Waals surface area (Å²) in [6, 6.07) is 4.06. The Morgan fingerprint density at radius 2 is 1.46 bits per heavy atom. The highest BCUT2D eigenvalue weighted by atomic mass is 35.5. The average Bonchev–Trinajstić information content (AvgIpc) is 1.99. The molecule has 0 aliphatic heterocycles. The zero-order valence-electron chi connectivity index (χ0n) is 7.83. The van der Waals surface area contributed by atoms with Crippen LogP contribution < -0.4 is 11.5 Å². The molecule has 0 atom stereocenters. The Bertz CT molecular complexity index is 251. The summed E-state index contributed by atoms with van der Waals surface area (Å²) in [6.07, 6.45) is 0. The number of hydrogen-bond acceptors (Lipinski definition) is 2. The van der Waals surface area contributed by atoms with Gasteiger partial charge in [-0.3, -0.25) is 0 Å². The molecule has 0 unspecified atom stereocenters. The van der Waals surface area contributed by atoms with Crippen molar-refractivity contribution in [1.29, 1.82) is 0 Å². The number of anilines is 1. The largest absolute Gasteiger partial charge is 0.398 e. The van der Waals surface area contributed by atoms with Crippen molar-refractivity contribution in [3.05, 3.63) is 28.8 Å². The van der Waals surface area contributed by atoms with E-state index in [-0.39, 0.29) is 24.8 Å². The van der Waals surface area contributed by atoms with Crippen molar-refractivity contribution in [2.45, 2.75) is 20.4 Å². The molecule has 4 N–H and O–H groups in total. The van der Waals surface area contributed by atoms with Crippen molar-refractivity contribution >= 4 is 30.5 Å². The summed E-state index contributed by atoms with van der Waals surface area (Å²) in [5.74, 6) is 0. The lowest BCUT2D eigenvalue weighted by Gasteiger charge is -2.06. The maximum Gasteiger partial charge on any atom is 0.0373 e. The highest BCUT2D eigenvalue weighted by molar-refractivity contribution is 5.85. The topological polar surface area (TPSA) is 52.0 Å². The minimum atomic E-state index is 0. The first-order valence-electron chi connectivity index (χ1n) is 3.71. The van der Waals surface area contributed by atoms with Crippen molar-refractivity contribution < 1.29 is 0 Å². The molecular weight excluding hydrogens is 207 g/mol. The summed E-state index contributed by atoms with van der Waals surface area (Å²) in [5.41, 5.74) is 15.5. The van der Waals surface area contributed by atoms with Crippen LogP contribution in [-0.2, 0) is 6.54 Å². The second kappa shape index (κ2) is 6.08. The van der Waals surface area contributed by atoms with Crippen LogP contribution in [0.2, 0.25) is 0 Å². The maximum absolute atomic E-state index is 5.76. The first kappa shape index (κ1) is 15.1. The van der Waals surface area contributed by atoms with Gasteiger partial charge in [-0.15, -0.1) is 24.8 Å². The molecule has 1 aromatic rings. The Hall–Kier alpha value is -0.440. The van der Waals surface area contributed by atoms with Crippen molar-refractivity contribution in [2.24, 2.45) is 5.73 Å². The summed E-state index contributed by atoms with van der Waals surface area (Å²) in [7, 11) is 0. The lowest BCUT2D eigenvalue weighted by Crippen LogP contribution is -2.00. The number of rotatable bonds is 1. The second-order valence-corrected chi connectivity index (χ2v) is 2.85. The lowest BCUT2D eigenvalue weighted by molar-refractivity contribution is 1.06. The van der Waals surface area contributed by atoms with Crippen LogP contribution in [0, 0.1) is 13.8 Å². The quantitative estimate of drug-likeness (QED) is 0.717. The molecule has 1 aromatic carbocycles. The minimum absolute atomic E-state index is 0. The van der Waals surface area contributed by atoms with Gasteiger partial charge in [0.25, 0.3) is 0 Å². The molecule has 0 aliphatic rings. The number of nitrogen functional groups attached to an aromatic ring is 1. The van der Waals surface area contributed by atoms with Gasteiger partial charge in [0, 0.05) is 12.2 Å². The first-order chi connectivity index (χ1) is 5.15.